The predicted molar refractivity (Wildman–Crippen MR) is 178 cm³/mol. The molecule has 1 N–H and O–H groups in total. The van der Waals surface area contributed by atoms with Crippen LogP contribution in [0.15, 0.2) is 121 Å². The zero-order valence-electron chi connectivity index (χ0n) is 24.4. The molecule has 7 rings (SSSR count). The summed E-state index contributed by atoms with van der Waals surface area (Å²) in [7, 11) is 0. The summed E-state index contributed by atoms with van der Waals surface area (Å²) in [5.41, 5.74) is 7.86. The lowest BCUT2D eigenvalue weighted by molar-refractivity contribution is 0.482. The number of rotatable bonds is 6. The van der Waals surface area contributed by atoms with Gasteiger partial charge in [0.15, 0.2) is 5.11 Å². The van der Waals surface area contributed by atoms with Crippen molar-refractivity contribution < 1.29 is 4.74 Å². The largest absolute Gasteiger partial charge is 0.457 e. The van der Waals surface area contributed by atoms with Gasteiger partial charge in [-0.3, -0.25) is 4.98 Å². The van der Waals surface area contributed by atoms with Crippen LogP contribution in [-0.2, 0) is 0 Å². The number of thiocarbonyl (C=S) groups is 1. The first-order chi connectivity index (χ1) is 21.0. The number of nitrogens with one attached hydrogen (secondary N) is 1. The number of hydrogen-bond donors (Lipinski definition) is 1. The Balaban J connectivity index is 1.31. The number of aryl methyl sites for hydroxylation is 2. The molecule has 212 valence electrons. The lowest BCUT2D eigenvalue weighted by Crippen LogP contribution is -2.29. The number of aromatic nitrogens is 2. The van der Waals surface area contributed by atoms with Gasteiger partial charge in [0, 0.05) is 28.7 Å². The van der Waals surface area contributed by atoms with E-state index >= 15 is 0 Å². The van der Waals surface area contributed by atoms with E-state index in [4.69, 9.17) is 21.9 Å². The number of nitrogens with zero attached hydrogens (tertiary/aromatic N) is 3. The second-order valence-corrected chi connectivity index (χ2v) is 11.5. The van der Waals surface area contributed by atoms with Crippen LogP contribution in [0.25, 0.3) is 16.5 Å². The SMILES string of the molecule is Cc1ccc(Oc2ccc(N3C(=S)N[C@H](c4ccccn4)[C@@H]3c3cc(C)n(-c4cccc5ccccc45)c3C)cc2)cc1. The summed E-state index contributed by atoms with van der Waals surface area (Å²) in [5, 5.41) is 6.72. The van der Waals surface area contributed by atoms with E-state index in [-0.39, 0.29) is 12.1 Å². The van der Waals surface area contributed by atoms with Crippen LogP contribution in [0, 0.1) is 20.8 Å². The Bertz CT molecular complexity index is 1930. The van der Waals surface area contributed by atoms with Crippen molar-refractivity contribution in [2.45, 2.75) is 32.9 Å². The standard InChI is InChI=1S/C37H32N4OS/c1-24-14-18-29(19-15-24)42-30-20-16-28(17-21-30)41-36(35(39-37(41)43)33-12-6-7-22-38-33)32-23-25(2)40(26(32)3)34-13-8-10-27-9-4-5-11-31(27)34/h4-23,35-36H,1-3H3,(H,39,43)/t35-,36+/m1/s1. The number of benzene rings is 4. The molecule has 0 aliphatic carbocycles. The maximum absolute atomic E-state index is 6.12. The molecule has 5 nitrogen and oxygen atoms in total. The molecule has 3 heterocycles. The van der Waals surface area contributed by atoms with Gasteiger partial charge in [-0.15, -0.1) is 0 Å². The molecule has 1 aliphatic rings. The molecular weight excluding hydrogens is 549 g/mol. The van der Waals surface area contributed by atoms with Gasteiger partial charge in [-0.2, -0.15) is 0 Å². The Morgan fingerprint density at radius 1 is 0.767 bits per heavy atom. The molecule has 1 fully saturated rings. The molecule has 0 amide bonds. The van der Waals surface area contributed by atoms with Crippen LogP contribution in [0.3, 0.4) is 0 Å². The first kappa shape index (κ1) is 26.9. The van der Waals surface area contributed by atoms with Crippen LogP contribution in [0.5, 0.6) is 11.5 Å². The van der Waals surface area contributed by atoms with Gasteiger partial charge in [-0.25, -0.2) is 0 Å². The molecule has 1 saturated heterocycles. The molecule has 6 aromatic rings. The van der Waals surface area contributed by atoms with Crippen molar-refractivity contribution in [3.8, 4) is 17.2 Å². The zero-order valence-corrected chi connectivity index (χ0v) is 25.2. The summed E-state index contributed by atoms with van der Waals surface area (Å²) in [4.78, 5) is 6.97. The minimum absolute atomic E-state index is 0.110. The number of hydrogen-bond acceptors (Lipinski definition) is 3. The second kappa shape index (κ2) is 11.0. The Kier molecular flexibility index (Phi) is 6.92. The Labute approximate surface area is 257 Å². The average molecular weight is 581 g/mol. The quantitative estimate of drug-likeness (QED) is 0.199. The molecule has 0 unspecified atom stereocenters. The van der Waals surface area contributed by atoms with Gasteiger partial charge in [0.1, 0.15) is 11.5 Å². The van der Waals surface area contributed by atoms with Crippen molar-refractivity contribution in [1.82, 2.24) is 14.9 Å². The highest BCUT2D eigenvalue weighted by Gasteiger charge is 2.42. The minimum Gasteiger partial charge on any atom is -0.457 e. The highest BCUT2D eigenvalue weighted by molar-refractivity contribution is 7.80. The third-order valence-corrected chi connectivity index (χ3v) is 8.58. The molecule has 0 radical (unpaired) electrons. The van der Waals surface area contributed by atoms with E-state index in [2.05, 4.69) is 114 Å². The van der Waals surface area contributed by atoms with Crippen molar-refractivity contribution in [3.63, 3.8) is 0 Å². The second-order valence-electron chi connectivity index (χ2n) is 11.1. The smallest absolute Gasteiger partial charge is 0.174 e. The Hall–Kier alpha value is -4.94. The van der Waals surface area contributed by atoms with Gasteiger partial charge in [-0.1, -0.05) is 60.2 Å². The Morgan fingerprint density at radius 2 is 1.47 bits per heavy atom. The van der Waals surface area contributed by atoms with Crippen LogP contribution in [-0.4, -0.2) is 14.7 Å². The van der Waals surface area contributed by atoms with Crippen molar-refractivity contribution in [2.75, 3.05) is 4.90 Å². The maximum atomic E-state index is 6.12. The van der Waals surface area contributed by atoms with Crippen LogP contribution >= 0.6 is 12.2 Å². The van der Waals surface area contributed by atoms with Gasteiger partial charge in [-0.05, 0) is 105 Å². The van der Waals surface area contributed by atoms with Gasteiger partial charge in [0.25, 0.3) is 0 Å². The normalized spacial score (nSPS) is 16.4. The predicted octanol–water partition coefficient (Wildman–Crippen LogP) is 8.92. The lowest BCUT2D eigenvalue weighted by Gasteiger charge is -2.28. The van der Waals surface area contributed by atoms with Crippen LogP contribution in [0.4, 0.5) is 5.69 Å². The highest BCUT2D eigenvalue weighted by Crippen LogP contribution is 2.44. The third kappa shape index (κ3) is 4.94. The molecule has 0 bridgehead atoms. The molecule has 4 aromatic carbocycles. The van der Waals surface area contributed by atoms with Crippen LogP contribution in [0.1, 0.15) is 40.3 Å². The first-order valence-corrected chi connectivity index (χ1v) is 14.9. The molecular formula is C37H32N4OS. The van der Waals surface area contributed by atoms with Crippen molar-refractivity contribution in [1.29, 1.82) is 0 Å². The fraction of sp³-hybridized carbons (Fsp3) is 0.135. The van der Waals surface area contributed by atoms with Gasteiger partial charge < -0.3 is 19.5 Å². The topological polar surface area (TPSA) is 42.3 Å². The fourth-order valence-electron chi connectivity index (χ4n) is 6.23. The molecule has 0 spiro atoms. The maximum Gasteiger partial charge on any atom is 0.174 e. The summed E-state index contributed by atoms with van der Waals surface area (Å²) < 4.78 is 8.49. The van der Waals surface area contributed by atoms with Gasteiger partial charge in [0.2, 0.25) is 0 Å². The molecule has 2 atom stereocenters. The average Bonchev–Trinajstić information content (AvgIpc) is 3.53. The molecule has 43 heavy (non-hydrogen) atoms. The fourth-order valence-corrected chi connectivity index (χ4v) is 6.57. The summed E-state index contributed by atoms with van der Waals surface area (Å²) >= 11 is 6.02. The minimum atomic E-state index is -0.126. The number of pyridine rings is 1. The van der Waals surface area contributed by atoms with Crippen LogP contribution < -0.4 is 15.0 Å². The number of ether oxygens (including phenoxy) is 1. The lowest BCUT2D eigenvalue weighted by atomic mass is 9.96. The summed E-state index contributed by atoms with van der Waals surface area (Å²) in [5.74, 6) is 1.59. The highest BCUT2D eigenvalue weighted by atomic mass is 32.1. The van der Waals surface area contributed by atoms with E-state index in [9.17, 15) is 0 Å². The van der Waals surface area contributed by atoms with Crippen molar-refractivity contribution >= 4 is 33.8 Å². The summed E-state index contributed by atoms with van der Waals surface area (Å²) in [6.45, 7) is 6.45. The van der Waals surface area contributed by atoms with Crippen LogP contribution in [0.2, 0.25) is 0 Å². The summed E-state index contributed by atoms with van der Waals surface area (Å²) in [6, 6.07) is 39.4. The summed E-state index contributed by atoms with van der Waals surface area (Å²) in [6.07, 6.45) is 1.84. The Morgan fingerprint density at radius 3 is 2.21 bits per heavy atom. The van der Waals surface area contributed by atoms with E-state index in [1.807, 2.05) is 42.6 Å². The third-order valence-electron chi connectivity index (χ3n) is 8.27. The molecule has 0 saturated carbocycles. The van der Waals surface area contributed by atoms with E-state index < -0.39 is 0 Å². The molecule has 1 aliphatic heterocycles. The zero-order chi connectivity index (χ0) is 29.5. The molecule has 2 aromatic heterocycles. The first-order valence-electron chi connectivity index (χ1n) is 14.5. The van der Waals surface area contributed by atoms with Crippen molar-refractivity contribution in [3.05, 3.63) is 150 Å². The number of anilines is 1. The van der Waals surface area contributed by atoms with E-state index in [1.54, 1.807) is 0 Å². The van der Waals surface area contributed by atoms with E-state index in [0.717, 1.165) is 22.9 Å². The monoisotopic (exact) mass is 580 g/mol. The number of fused-ring (bicyclic) bond motifs is 1. The molecule has 6 heteroatoms. The van der Waals surface area contributed by atoms with Crippen molar-refractivity contribution in [2.24, 2.45) is 0 Å². The van der Waals surface area contributed by atoms with E-state index in [0.29, 0.717) is 5.11 Å². The van der Waals surface area contributed by atoms with Gasteiger partial charge >= 0.3 is 0 Å². The van der Waals surface area contributed by atoms with E-state index in [1.165, 1.54) is 39.0 Å². The van der Waals surface area contributed by atoms with Gasteiger partial charge in [0.05, 0.1) is 23.5 Å².